The normalized spacial score (nSPS) is 19.6. The summed E-state index contributed by atoms with van der Waals surface area (Å²) in [5.74, 6) is 0.338. The predicted octanol–water partition coefficient (Wildman–Crippen LogP) is 6.52. The summed E-state index contributed by atoms with van der Waals surface area (Å²) >= 11 is 6.29. The highest BCUT2D eigenvalue weighted by atomic mass is 35.5. The van der Waals surface area contributed by atoms with Crippen LogP contribution in [0.2, 0.25) is 5.02 Å². The topological polar surface area (TPSA) is 58.6 Å². The maximum absolute atomic E-state index is 13.5. The van der Waals surface area contributed by atoms with Crippen LogP contribution in [0.25, 0.3) is 16.3 Å². The van der Waals surface area contributed by atoms with Crippen LogP contribution in [0.15, 0.2) is 54.1 Å². The van der Waals surface area contributed by atoms with Crippen LogP contribution >= 0.6 is 11.6 Å². The Labute approximate surface area is 186 Å². The van der Waals surface area contributed by atoms with Crippen molar-refractivity contribution in [1.29, 1.82) is 0 Å². The number of phenols is 1. The van der Waals surface area contributed by atoms with Gasteiger partial charge in [-0.1, -0.05) is 55.8 Å². The number of allylic oxidation sites excluding steroid dienone is 1. The molecule has 0 unspecified atom stereocenters. The number of Topliss-reactive ketones (excluding diaryl/α,β-unsaturated/α-hetero) is 1. The van der Waals surface area contributed by atoms with Gasteiger partial charge >= 0.3 is 0 Å². The van der Waals surface area contributed by atoms with Crippen LogP contribution in [0.4, 0.5) is 5.69 Å². The second-order valence-corrected chi connectivity index (χ2v) is 9.58. The van der Waals surface area contributed by atoms with E-state index < -0.39 is 0 Å². The molecule has 0 saturated carbocycles. The van der Waals surface area contributed by atoms with Gasteiger partial charge in [0.05, 0.1) is 18.2 Å². The second kappa shape index (κ2) is 7.03. The van der Waals surface area contributed by atoms with Crippen LogP contribution in [0, 0.1) is 5.41 Å². The molecule has 1 aliphatic carbocycles. The third-order valence-corrected chi connectivity index (χ3v) is 6.63. The van der Waals surface area contributed by atoms with E-state index >= 15 is 0 Å². The molecule has 1 aliphatic heterocycles. The molecule has 2 N–H and O–H groups in total. The molecular weight excluding hydrogens is 410 g/mol. The number of fused-ring (bicyclic) bond motifs is 4. The molecular formula is C26H24ClNO3. The number of benzene rings is 3. The zero-order valence-electron chi connectivity index (χ0n) is 17.8. The number of ether oxygens (including phenoxy) is 1. The number of ketones is 1. The zero-order valence-corrected chi connectivity index (χ0v) is 18.5. The molecule has 3 aromatic rings. The molecule has 1 heterocycles. The van der Waals surface area contributed by atoms with Gasteiger partial charge in [0, 0.05) is 23.2 Å². The van der Waals surface area contributed by atoms with Gasteiger partial charge in [0.1, 0.15) is 0 Å². The zero-order chi connectivity index (χ0) is 21.9. The van der Waals surface area contributed by atoms with Crippen LogP contribution in [0.3, 0.4) is 0 Å². The van der Waals surface area contributed by atoms with E-state index in [0.29, 0.717) is 12.2 Å². The first-order valence-corrected chi connectivity index (χ1v) is 10.8. The van der Waals surface area contributed by atoms with Crippen LogP contribution in [-0.2, 0) is 4.79 Å². The van der Waals surface area contributed by atoms with Crippen molar-refractivity contribution in [3.05, 3.63) is 70.3 Å². The lowest BCUT2D eigenvalue weighted by molar-refractivity contribution is -0.118. The molecule has 31 heavy (non-hydrogen) atoms. The van der Waals surface area contributed by atoms with E-state index in [1.54, 1.807) is 12.1 Å². The highest BCUT2D eigenvalue weighted by molar-refractivity contribution is 6.32. The molecule has 0 radical (unpaired) electrons. The van der Waals surface area contributed by atoms with Gasteiger partial charge in [0.2, 0.25) is 0 Å². The van der Waals surface area contributed by atoms with E-state index in [1.165, 1.54) is 7.11 Å². The monoisotopic (exact) mass is 433 g/mol. The molecule has 0 bridgehead atoms. The molecule has 3 aromatic carbocycles. The quantitative estimate of drug-likeness (QED) is 0.483. The number of hydrogen-bond donors (Lipinski definition) is 2. The largest absolute Gasteiger partial charge is 0.503 e. The summed E-state index contributed by atoms with van der Waals surface area (Å²) < 4.78 is 5.32. The van der Waals surface area contributed by atoms with Crippen molar-refractivity contribution < 1.29 is 14.6 Å². The summed E-state index contributed by atoms with van der Waals surface area (Å²) in [6.07, 6.45) is 1.31. The van der Waals surface area contributed by atoms with Gasteiger partial charge in [-0.3, -0.25) is 4.79 Å². The molecule has 5 heteroatoms. The SMILES string of the molecule is COc1cc([C@@H]2Nc3ccc4ccccc4c3C3=C2C(=O)CC(C)(C)C3)cc(Cl)c1O. The smallest absolute Gasteiger partial charge is 0.176 e. The van der Waals surface area contributed by atoms with E-state index in [9.17, 15) is 9.90 Å². The van der Waals surface area contributed by atoms with E-state index in [1.807, 2.05) is 12.1 Å². The number of methoxy groups -OCH3 is 1. The molecule has 0 amide bonds. The van der Waals surface area contributed by atoms with E-state index in [2.05, 4.69) is 43.4 Å². The van der Waals surface area contributed by atoms with Crippen molar-refractivity contribution in [3.8, 4) is 11.5 Å². The number of hydrogen-bond acceptors (Lipinski definition) is 4. The van der Waals surface area contributed by atoms with Crippen molar-refractivity contribution in [1.82, 2.24) is 0 Å². The van der Waals surface area contributed by atoms with Gasteiger partial charge in [-0.2, -0.15) is 0 Å². The van der Waals surface area contributed by atoms with Gasteiger partial charge in [-0.15, -0.1) is 0 Å². The van der Waals surface area contributed by atoms with Gasteiger partial charge in [0.15, 0.2) is 17.3 Å². The van der Waals surface area contributed by atoms with E-state index in [0.717, 1.165) is 45.2 Å². The average molecular weight is 434 g/mol. The second-order valence-electron chi connectivity index (χ2n) is 9.17. The molecule has 5 rings (SSSR count). The number of phenolic OH excluding ortho intramolecular Hbond substituents is 1. The third kappa shape index (κ3) is 3.17. The maximum Gasteiger partial charge on any atom is 0.176 e. The van der Waals surface area contributed by atoms with Crippen molar-refractivity contribution >= 4 is 39.4 Å². The first-order chi connectivity index (χ1) is 14.8. The number of rotatable bonds is 2. The minimum absolute atomic E-state index is 0.0968. The average Bonchev–Trinajstić information content (AvgIpc) is 2.73. The molecule has 0 saturated heterocycles. The number of anilines is 1. The van der Waals surface area contributed by atoms with Crippen molar-refractivity contribution in [2.75, 3.05) is 12.4 Å². The summed E-state index contributed by atoms with van der Waals surface area (Å²) in [5, 5.41) is 16.3. The molecule has 1 atom stereocenters. The molecule has 4 nitrogen and oxygen atoms in total. The van der Waals surface area contributed by atoms with Crippen LogP contribution < -0.4 is 10.1 Å². The number of carbonyl (C=O) groups is 1. The highest BCUT2D eigenvalue weighted by Gasteiger charge is 2.41. The first kappa shape index (κ1) is 20.0. The Hall–Kier alpha value is -2.98. The summed E-state index contributed by atoms with van der Waals surface area (Å²) in [6.45, 7) is 4.30. The standard InChI is InChI=1S/C26H24ClNO3/c1-26(2)12-17-22-16-7-5-4-6-14(16)8-9-19(22)28-24(23(17)20(29)13-26)15-10-18(27)25(30)21(11-15)31-3/h4-11,24,28,30H,12-13H2,1-3H3/t24-/m0/s1. The minimum Gasteiger partial charge on any atom is -0.503 e. The lowest BCUT2D eigenvalue weighted by atomic mass is 9.68. The number of halogens is 1. The fourth-order valence-corrected chi connectivity index (χ4v) is 5.22. The van der Waals surface area contributed by atoms with Gasteiger partial charge in [-0.25, -0.2) is 0 Å². The molecule has 0 spiro atoms. The minimum atomic E-state index is -0.362. The summed E-state index contributed by atoms with van der Waals surface area (Å²) in [4.78, 5) is 13.5. The van der Waals surface area contributed by atoms with Crippen LogP contribution in [0.5, 0.6) is 11.5 Å². The number of aromatic hydroxyl groups is 1. The van der Waals surface area contributed by atoms with E-state index in [-0.39, 0.29) is 28.0 Å². The summed E-state index contributed by atoms with van der Waals surface area (Å²) in [6, 6.07) is 15.6. The maximum atomic E-state index is 13.5. The molecule has 158 valence electrons. The highest BCUT2D eigenvalue weighted by Crippen LogP contribution is 2.52. The van der Waals surface area contributed by atoms with Gasteiger partial charge < -0.3 is 15.2 Å². The third-order valence-electron chi connectivity index (χ3n) is 6.34. The Balaban J connectivity index is 1.79. The fraction of sp³-hybridized carbons (Fsp3) is 0.269. The Morgan fingerprint density at radius 2 is 1.90 bits per heavy atom. The lowest BCUT2D eigenvalue weighted by Gasteiger charge is -2.40. The Morgan fingerprint density at radius 3 is 2.68 bits per heavy atom. The lowest BCUT2D eigenvalue weighted by Crippen LogP contribution is -2.33. The van der Waals surface area contributed by atoms with Crippen LogP contribution in [0.1, 0.15) is 43.9 Å². The van der Waals surface area contributed by atoms with Crippen LogP contribution in [-0.4, -0.2) is 18.0 Å². The van der Waals surface area contributed by atoms with E-state index in [4.69, 9.17) is 16.3 Å². The predicted molar refractivity (Wildman–Crippen MR) is 125 cm³/mol. The fourth-order valence-electron chi connectivity index (χ4n) is 5.00. The van der Waals surface area contributed by atoms with Crippen molar-refractivity contribution in [3.63, 3.8) is 0 Å². The number of carbonyl (C=O) groups excluding carboxylic acids is 1. The molecule has 2 aliphatic rings. The first-order valence-electron chi connectivity index (χ1n) is 10.4. The Kier molecular flexibility index (Phi) is 4.52. The Morgan fingerprint density at radius 1 is 1.13 bits per heavy atom. The number of nitrogens with one attached hydrogen (secondary N) is 1. The molecule has 0 fully saturated rings. The summed E-state index contributed by atoms with van der Waals surface area (Å²) in [5.41, 5.74) is 4.67. The summed E-state index contributed by atoms with van der Waals surface area (Å²) in [7, 11) is 1.49. The Bertz CT molecular complexity index is 1280. The molecule has 0 aromatic heterocycles. The van der Waals surface area contributed by atoms with Crippen molar-refractivity contribution in [2.45, 2.75) is 32.7 Å². The van der Waals surface area contributed by atoms with Gasteiger partial charge in [-0.05, 0) is 51.9 Å². The van der Waals surface area contributed by atoms with Crippen molar-refractivity contribution in [2.24, 2.45) is 5.41 Å². The van der Waals surface area contributed by atoms with Gasteiger partial charge in [0.25, 0.3) is 0 Å².